The standard InChI is InChI=1S/C18H22BrN3O3/c19-14-3-1-2-13(10-14)17(24)20-11-16(23)22-8-6-12(7-9-22)18(25)21-15-4-5-15/h1-3,10,12,15H,4-9,11H2,(H,20,24)(H,21,25). The van der Waals surface area contributed by atoms with Crippen molar-refractivity contribution < 1.29 is 14.4 Å². The highest BCUT2D eigenvalue weighted by molar-refractivity contribution is 9.10. The van der Waals surface area contributed by atoms with Crippen LogP contribution in [0.15, 0.2) is 28.7 Å². The molecule has 1 aliphatic heterocycles. The number of carbonyl (C=O) groups excluding carboxylic acids is 3. The van der Waals surface area contributed by atoms with Crippen LogP contribution in [0.5, 0.6) is 0 Å². The van der Waals surface area contributed by atoms with Gasteiger partial charge < -0.3 is 15.5 Å². The average Bonchev–Trinajstić information content (AvgIpc) is 3.43. The molecule has 3 rings (SSSR count). The number of likely N-dealkylation sites (tertiary alicyclic amines) is 1. The zero-order valence-electron chi connectivity index (χ0n) is 14.0. The molecule has 1 heterocycles. The van der Waals surface area contributed by atoms with Gasteiger partial charge in [-0.25, -0.2) is 0 Å². The monoisotopic (exact) mass is 407 g/mol. The Labute approximate surface area is 155 Å². The molecule has 1 aromatic carbocycles. The Morgan fingerprint density at radius 3 is 2.48 bits per heavy atom. The third kappa shape index (κ3) is 5.04. The molecular formula is C18H22BrN3O3. The number of nitrogens with zero attached hydrogens (tertiary/aromatic N) is 1. The van der Waals surface area contributed by atoms with Crippen molar-refractivity contribution in [3.8, 4) is 0 Å². The van der Waals surface area contributed by atoms with Gasteiger partial charge in [0.2, 0.25) is 11.8 Å². The topological polar surface area (TPSA) is 78.5 Å². The molecule has 134 valence electrons. The van der Waals surface area contributed by atoms with Gasteiger partial charge in [0.1, 0.15) is 0 Å². The van der Waals surface area contributed by atoms with Crippen LogP contribution in [-0.2, 0) is 9.59 Å². The fourth-order valence-electron chi connectivity index (χ4n) is 2.94. The van der Waals surface area contributed by atoms with Gasteiger partial charge in [-0.2, -0.15) is 0 Å². The molecular weight excluding hydrogens is 386 g/mol. The van der Waals surface area contributed by atoms with Crippen LogP contribution in [-0.4, -0.2) is 48.3 Å². The van der Waals surface area contributed by atoms with E-state index in [4.69, 9.17) is 0 Å². The minimum Gasteiger partial charge on any atom is -0.353 e. The first-order valence-electron chi connectivity index (χ1n) is 8.65. The molecule has 6 nitrogen and oxygen atoms in total. The van der Waals surface area contributed by atoms with E-state index in [-0.39, 0.29) is 30.2 Å². The van der Waals surface area contributed by atoms with Crippen LogP contribution in [0.4, 0.5) is 0 Å². The molecule has 3 amide bonds. The summed E-state index contributed by atoms with van der Waals surface area (Å²) in [5.41, 5.74) is 0.512. The largest absolute Gasteiger partial charge is 0.353 e. The van der Waals surface area contributed by atoms with E-state index in [1.54, 1.807) is 23.1 Å². The molecule has 1 saturated heterocycles. The van der Waals surface area contributed by atoms with E-state index in [0.717, 1.165) is 17.3 Å². The number of hydrogen-bond donors (Lipinski definition) is 2. The normalized spacial score (nSPS) is 17.9. The summed E-state index contributed by atoms with van der Waals surface area (Å²) >= 11 is 3.32. The summed E-state index contributed by atoms with van der Waals surface area (Å²) in [4.78, 5) is 38.1. The number of piperidine rings is 1. The molecule has 2 fully saturated rings. The fourth-order valence-corrected chi connectivity index (χ4v) is 3.34. The molecule has 0 bridgehead atoms. The number of carbonyl (C=O) groups is 3. The molecule has 0 unspecified atom stereocenters. The number of amides is 3. The quantitative estimate of drug-likeness (QED) is 0.779. The Balaban J connectivity index is 1.41. The lowest BCUT2D eigenvalue weighted by atomic mass is 9.96. The summed E-state index contributed by atoms with van der Waals surface area (Å²) in [6.07, 6.45) is 3.54. The first-order valence-corrected chi connectivity index (χ1v) is 9.44. The molecule has 1 aliphatic carbocycles. The Hall–Kier alpha value is -1.89. The molecule has 1 saturated carbocycles. The SMILES string of the molecule is O=C(NCC(=O)N1CCC(C(=O)NC2CC2)CC1)c1cccc(Br)c1. The zero-order chi connectivity index (χ0) is 17.8. The van der Waals surface area contributed by atoms with Crippen LogP contribution in [0.3, 0.4) is 0 Å². The van der Waals surface area contributed by atoms with E-state index >= 15 is 0 Å². The zero-order valence-corrected chi connectivity index (χ0v) is 15.5. The number of nitrogens with one attached hydrogen (secondary N) is 2. The van der Waals surface area contributed by atoms with Gasteiger partial charge in [0.15, 0.2) is 0 Å². The van der Waals surface area contributed by atoms with Crippen molar-refractivity contribution in [1.29, 1.82) is 0 Å². The minimum atomic E-state index is -0.270. The van der Waals surface area contributed by atoms with Gasteiger partial charge >= 0.3 is 0 Å². The summed E-state index contributed by atoms with van der Waals surface area (Å²) in [7, 11) is 0. The van der Waals surface area contributed by atoms with Crippen molar-refractivity contribution in [3.05, 3.63) is 34.3 Å². The van der Waals surface area contributed by atoms with Gasteiger partial charge in [0.05, 0.1) is 6.54 Å². The van der Waals surface area contributed by atoms with Gasteiger partial charge in [-0.15, -0.1) is 0 Å². The van der Waals surface area contributed by atoms with E-state index in [2.05, 4.69) is 26.6 Å². The number of benzene rings is 1. The molecule has 0 radical (unpaired) electrons. The van der Waals surface area contributed by atoms with Gasteiger partial charge in [-0.1, -0.05) is 22.0 Å². The lowest BCUT2D eigenvalue weighted by Gasteiger charge is -2.31. The summed E-state index contributed by atoms with van der Waals surface area (Å²) in [6, 6.07) is 7.41. The molecule has 7 heteroatoms. The van der Waals surface area contributed by atoms with Crippen molar-refractivity contribution in [1.82, 2.24) is 15.5 Å². The van der Waals surface area contributed by atoms with Gasteiger partial charge in [-0.3, -0.25) is 14.4 Å². The maximum atomic E-state index is 12.3. The predicted octanol–water partition coefficient (Wildman–Crippen LogP) is 1.70. The highest BCUT2D eigenvalue weighted by atomic mass is 79.9. The summed E-state index contributed by atoms with van der Waals surface area (Å²) in [5, 5.41) is 5.69. The lowest BCUT2D eigenvalue weighted by molar-refractivity contribution is -0.134. The molecule has 1 aromatic rings. The van der Waals surface area contributed by atoms with Crippen LogP contribution in [0.25, 0.3) is 0 Å². The molecule has 0 aromatic heterocycles. The highest BCUT2D eigenvalue weighted by Gasteiger charge is 2.31. The molecule has 2 aliphatic rings. The second kappa shape index (κ2) is 7.99. The van der Waals surface area contributed by atoms with Gasteiger partial charge in [0, 0.05) is 35.1 Å². The van der Waals surface area contributed by atoms with E-state index in [0.29, 0.717) is 37.5 Å². The highest BCUT2D eigenvalue weighted by Crippen LogP contribution is 2.22. The first-order chi connectivity index (χ1) is 12.0. The molecule has 2 N–H and O–H groups in total. The summed E-state index contributed by atoms with van der Waals surface area (Å²) in [5.74, 6) is -0.254. The van der Waals surface area contributed by atoms with Gasteiger partial charge in [-0.05, 0) is 43.9 Å². The second-order valence-corrected chi connectivity index (χ2v) is 7.55. The molecule has 0 spiro atoms. The van der Waals surface area contributed by atoms with E-state index in [9.17, 15) is 14.4 Å². The summed E-state index contributed by atoms with van der Waals surface area (Å²) < 4.78 is 0.818. The first kappa shape index (κ1) is 17.9. The number of halogens is 1. The smallest absolute Gasteiger partial charge is 0.251 e. The Morgan fingerprint density at radius 2 is 1.84 bits per heavy atom. The van der Waals surface area contributed by atoms with E-state index < -0.39 is 0 Å². The second-order valence-electron chi connectivity index (χ2n) is 6.63. The molecule has 25 heavy (non-hydrogen) atoms. The summed E-state index contributed by atoms with van der Waals surface area (Å²) in [6.45, 7) is 1.10. The Kier molecular flexibility index (Phi) is 5.73. The third-order valence-corrected chi connectivity index (χ3v) is 5.12. The van der Waals surface area contributed by atoms with Crippen molar-refractivity contribution in [2.75, 3.05) is 19.6 Å². The number of hydrogen-bond acceptors (Lipinski definition) is 3. The van der Waals surface area contributed by atoms with Crippen molar-refractivity contribution in [3.63, 3.8) is 0 Å². The van der Waals surface area contributed by atoms with E-state index in [1.807, 2.05) is 6.07 Å². The van der Waals surface area contributed by atoms with Crippen LogP contribution in [0.2, 0.25) is 0 Å². The van der Waals surface area contributed by atoms with Crippen LogP contribution >= 0.6 is 15.9 Å². The maximum absolute atomic E-state index is 12.3. The van der Waals surface area contributed by atoms with Crippen LogP contribution < -0.4 is 10.6 Å². The Morgan fingerprint density at radius 1 is 1.12 bits per heavy atom. The average molecular weight is 408 g/mol. The van der Waals surface area contributed by atoms with E-state index in [1.165, 1.54) is 0 Å². The Bertz CT molecular complexity index is 667. The van der Waals surface area contributed by atoms with Gasteiger partial charge in [0.25, 0.3) is 5.91 Å². The predicted molar refractivity (Wildman–Crippen MR) is 96.9 cm³/mol. The van der Waals surface area contributed by atoms with Crippen molar-refractivity contribution in [2.45, 2.75) is 31.7 Å². The van der Waals surface area contributed by atoms with Crippen molar-refractivity contribution in [2.24, 2.45) is 5.92 Å². The van der Waals surface area contributed by atoms with Crippen LogP contribution in [0.1, 0.15) is 36.0 Å². The maximum Gasteiger partial charge on any atom is 0.251 e. The fraction of sp³-hybridized carbons (Fsp3) is 0.500. The van der Waals surface area contributed by atoms with Crippen LogP contribution in [0, 0.1) is 5.92 Å². The minimum absolute atomic E-state index is 0.000843. The van der Waals surface area contributed by atoms with Crippen molar-refractivity contribution >= 4 is 33.7 Å². The number of rotatable bonds is 5. The lowest BCUT2D eigenvalue weighted by Crippen LogP contribution is -2.46. The molecule has 0 atom stereocenters. The third-order valence-electron chi connectivity index (χ3n) is 4.63.